The minimum Gasteiger partial charge on any atom is -0.504 e. The summed E-state index contributed by atoms with van der Waals surface area (Å²) >= 11 is 0. The molecule has 0 amide bonds. The second kappa shape index (κ2) is 4.03. The summed E-state index contributed by atoms with van der Waals surface area (Å²) in [5.74, 6) is -2.03. The van der Waals surface area contributed by atoms with Crippen LogP contribution in [0.15, 0.2) is 33.5 Å². The molecule has 98 valence electrons. The first-order valence-corrected chi connectivity index (χ1v) is 5.67. The van der Waals surface area contributed by atoms with Gasteiger partial charge in [-0.25, -0.2) is 0 Å². The molecular formula is C13H11NO5. The Balaban J connectivity index is 2.48. The number of rotatable bonds is 3. The molecular weight excluding hydrogens is 250 g/mol. The molecule has 0 fully saturated rings. The number of furan rings is 2. The van der Waals surface area contributed by atoms with Gasteiger partial charge in [0.15, 0.2) is 11.3 Å². The minimum absolute atomic E-state index is 0.0614. The van der Waals surface area contributed by atoms with E-state index in [1.54, 1.807) is 12.1 Å². The van der Waals surface area contributed by atoms with Crippen molar-refractivity contribution in [3.05, 3.63) is 30.2 Å². The molecule has 3 rings (SSSR count). The summed E-state index contributed by atoms with van der Waals surface area (Å²) in [5.41, 5.74) is 6.54. The van der Waals surface area contributed by atoms with Gasteiger partial charge in [0.25, 0.3) is 0 Å². The molecule has 2 aromatic heterocycles. The maximum absolute atomic E-state index is 11.3. The summed E-state index contributed by atoms with van der Waals surface area (Å²) in [4.78, 5) is 11.3. The van der Waals surface area contributed by atoms with E-state index < -0.39 is 11.9 Å². The van der Waals surface area contributed by atoms with E-state index in [-0.39, 0.29) is 17.9 Å². The molecule has 1 unspecified atom stereocenters. The molecule has 0 radical (unpaired) electrons. The summed E-state index contributed by atoms with van der Waals surface area (Å²) in [6.45, 7) is -0.0732. The smallest absolute Gasteiger partial charge is 0.312 e. The van der Waals surface area contributed by atoms with Gasteiger partial charge in [-0.15, -0.1) is 0 Å². The highest BCUT2D eigenvalue weighted by atomic mass is 16.4. The Labute approximate surface area is 107 Å². The topological polar surface area (TPSA) is 110 Å². The van der Waals surface area contributed by atoms with Crippen molar-refractivity contribution in [1.29, 1.82) is 0 Å². The Morgan fingerprint density at radius 3 is 2.47 bits per heavy atom. The number of fused-ring (bicyclic) bond motifs is 2. The van der Waals surface area contributed by atoms with E-state index in [0.717, 1.165) is 0 Å². The molecule has 6 nitrogen and oxygen atoms in total. The average molecular weight is 261 g/mol. The number of carbonyl (C=O) groups is 1. The van der Waals surface area contributed by atoms with E-state index in [0.29, 0.717) is 21.9 Å². The molecule has 0 aliphatic carbocycles. The number of aliphatic carboxylic acids is 1. The third kappa shape index (κ3) is 1.50. The molecule has 0 saturated carbocycles. The third-order valence-corrected chi connectivity index (χ3v) is 3.22. The third-order valence-electron chi connectivity index (χ3n) is 3.22. The molecule has 0 aliphatic heterocycles. The fourth-order valence-electron chi connectivity index (χ4n) is 2.34. The van der Waals surface area contributed by atoms with Gasteiger partial charge in [-0.3, -0.25) is 4.79 Å². The van der Waals surface area contributed by atoms with Gasteiger partial charge in [-0.05, 0) is 12.1 Å². The fraction of sp³-hybridized carbons (Fsp3) is 0.154. The molecule has 3 aromatic rings. The SMILES string of the molecule is NCC(C(=O)O)c1c2ccoc2c(O)c2ccoc12. The Morgan fingerprint density at radius 2 is 1.84 bits per heavy atom. The highest BCUT2D eigenvalue weighted by molar-refractivity contribution is 6.06. The van der Waals surface area contributed by atoms with Crippen molar-refractivity contribution in [3.63, 3.8) is 0 Å². The number of phenolic OH excluding ortho intramolecular Hbond substituents is 1. The van der Waals surface area contributed by atoms with Crippen molar-refractivity contribution in [2.24, 2.45) is 5.73 Å². The Hall–Kier alpha value is -2.47. The van der Waals surface area contributed by atoms with E-state index in [2.05, 4.69) is 0 Å². The lowest BCUT2D eigenvalue weighted by molar-refractivity contribution is -0.138. The van der Waals surface area contributed by atoms with Gasteiger partial charge < -0.3 is 24.8 Å². The summed E-state index contributed by atoms with van der Waals surface area (Å²) in [6, 6.07) is 3.16. The van der Waals surface area contributed by atoms with Crippen LogP contribution in [0, 0.1) is 0 Å². The second-order valence-corrected chi connectivity index (χ2v) is 4.22. The standard InChI is InChI=1S/C13H11NO5/c14-5-8(13(16)17)9-6-1-3-19-12(6)10(15)7-2-4-18-11(7)9/h1-4,8,15H,5,14H2,(H,16,17). The van der Waals surface area contributed by atoms with E-state index >= 15 is 0 Å². The highest BCUT2D eigenvalue weighted by Gasteiger charge is 2.27. The number of aromatic hydroxyl groups is 1. The van der Waals surface area contributed by atoms with Crippen molar-refractivity contribution < 1.29 is 23.8 Å². The van der Waals surface area contributed by atoms with Gasteiger partial charge in [-0.1, -0.05) is 0 Å². The Bertz CT molecular complexity index is 718. The van der Waals surface area contributed by atoms with E-state index in [1.165, 1.54) is 12.5 Å². The minimum atomic E-state index is -1.05. The van der Waals surface area contributed by atoms with Crippen molar-refractivity contribution in [3.8, 4) is 5.75 Å². The number of nitrogens with two attached hydrogens (primary N) is 1. The van der Waals surface area contributed by atoms with Crippen LogP contribution in [0.2, 0.25) is 0 Å². The molecule has 0 bridgehead atoms. The summed E-state index contributed by atoms with van der Waals surface area (Å²) in [7, 11) is 0. The predicted molar refractivity (Wildman–Crippen MR) is 67.1 cm³/mol. The highest BCUT2D eigenvalue weighted by Crippen LogP contribution is 2.41. The van der Waals surface area contributed by atoms with Gasteiger partial charge in [0.05, 0.1) is 23.8 Å². The van der Waals surface area contributed by atoms with Crippen molar-refractivity contribution in [1.82, 2.24) is 0 Å². The molecule has 1 aromatic carbocycles. The predicted octanol–water partition coefficient (Wildman–Crippen LogP) is 2.01. The summed E-state index contributed by atoms with van der Waals surface area (Å²) in [5, 5.41) is 20.3. The lowest BCUT2D eigenvalue weighted by Gasteiger charge is -2.12. The van der Waals surface area contributed by atoms with Crippen LogP contribution in [0.3, 0.4) is 0 Å². The number of benzene rings is 1. The number of carboxylic acids is 1. The molecule has 6 heteroatoms. The van der Waals surface area contributed by atoms with Crippen LogP contribution in [0.5, 0.6) is 5.75 Å². The molecule has 19 heavy (non-hydrogen) atoms. The molecule has 0 aliphatic rings. The number of carboxylic acid groups (broad SMARTS) is 1. The molecule has 2 heterocycles. The van der Waals surface area contributed by atoms with Crippen LogP contribution in [0.1, 0.15) is 11.5 Å². The van der Waals surface area contributed by atoms with Crippen LogP contribution < -0.4 is 5.73 Å². The van der Waals surface area contributed by atoms with Gasteiger partial charge in [0.2, 0.25) is 0 Å². The number of hydrogen-bond acceptors (Lipinski definition) is 5. The largest absolute Gasteiger partial charge is 0.504 e. The Morgan fingerprint density at radius 1 is 1.21 bits per heavy atom. The maximum Gasteiger partial charge on any atom is 0.312 e. The van der Waals surface area contributed by atoms with E-state index in [1.807, 2.05) is 0 Å². The maximum atomic E-state index is 11.3. The molecule has 0 spiro atoms. The van der Waals surface area contributed by atoms with Gasteiger partial charge in [0, 0.05) is 17.5 Å². The molecule has 0 saturated heterocycles. The second-order valence-electron chi connectivity index (χ2n) is 4.22. The van der Waals surface area contributed by atoms with Gasteiger partial charge >= 0.3 is 5.97 Å². The van der Waals surface area contributed by atoms with Crippen LogP contribution in [0.25, 0.3) is 21.9 Å². The zero-order valence-electron chi connectivity index (χ0n) is 9.79. The van der Waals surface area contributed by atoms with Crippen LogP contribution in [0.4, 0.5) is 0 Å². The van der Waals surface area contributed by atoms with Gasteiger partial charge in [0.1, 0.15) is 5.58 Å². The van der Waals surface area contributed by atoms with Crippen molar-refractivity contribution >= 4 is 27.9 Å². The van der Waals surface area contributed by atoms with Crippen molar-refractivity contribution in [2.75, 3.05) is 6.54 Å². The summed E-state index contributed by atoms with van der Waals surface area (Å²) in [6.07, 6.45) is 2.78. The van der Waals surface area contributed by atoms with Crippen LogP contribution in [-0.4, -0.2) is 22.7 Å². The zero-order chi connectivity index (χ0) is 13.6. The fourth-order valence-corrected chi connectivity index (χ4v) is 2.34. The number of phenols is 1. The molecule has 4 N–H and O–H groups in total. The number of hydrogen-bond donors (Lipinski definition) is 3. The monoisotopic (exact) mass is 261 g/mol. The van der Waals surface area contributed by atoms with Crippen LogP contribution >= 0.6 is 0 Å². The van der Waals surface area contributed by atoms with Gasteiger partial charge in [-0.2, -0.15) is 0 Å². The quantitative estimate of drug-likeness (QED) is 0.665. The van der Waals surface area contributed by atoms with E-state index in [4.69, 9.17) is 14.6 Å². The summed E-state index contributed by atoms with van der Waals surface area (Å²) < 4.78 is 10.5. The Kier molecular flexibility index (Phi) is 2.46. The average Bonchev–Trinajstić information content (AvgIpc) is 3.02. The molecule has 1 atom stereocenters. The first-order valence-electron chi connectivity index (χ1n) is 5.67. The van der Waals surface area contributed by atoms with Crippen LogP contribution in [-0.2, 0) is 4.79 Å². The van der Waals surface area contributed by atoms with Crippen molar-refractivity contribution in [2.45, 2.75) is 5.92 Å². The zero-order valence-corrected chi connectivity index (χ0v) is 9.79. The lowest BCUT2D eigenvalue weighted by Crippen LogP contribution is -2.21. The lowest BCUT2D eigenvalue weighted by atomic mass is 9.94. The first kappa shape index (κ1) is 11.6. The van der Waals surface area contributed by atoms with E-state index in [9.17, 15) is 15.0 Å². The normalized spacial score (nSPS) is 13.1. The first-order chi connectivity index (χ1) is 9.15.